The molecule has 0 saturated heterocycles. The van der Waals surface area contributed by atoms with E-state index in [2.05, 4.69) is 11.1 Å². The van der Waals surface area contributed by atoms with Crippen molar-refractivity contribution in [3.63, 3.8) is 0 Å². The van der Waals surface area contributed by atoms with Gasteiger partial charge in [-0.15, -0.1) is 0 Å². The first-order valence-electron chi connectivity index (χ1n) is 5.32. The topological polar surface area (TPSA) is 36.1 Å². The number of hydrogen-bond acceptors (Lipinski definition) is 2. The van der Waals surface area contributed by atoms with Crippen LogP contribution in [0.3, 0.4) is 0 Å². The Morgan fingerprint density at radius 1 is 1.38 bits per heavy atom. The zero-order chi connectivity index (χ0) is 9.10. The molecule has 0 aromatic rings. The van der Waals surface area contributed by atoms with Gasteiger partial charge in [0.2, 0.25) is 0 Å². The summed E-state index contributed by atoms with van der Waals surface area (Å²) in [5, 5.41) is 8.70. The normalized spacial score (nSPS) is 33.0. The molecule has 2 heteroatoms. The second-order valence-electron chi connectivity index (χ2n) is 4.14. The van der Waals surface area contributed by atoms with Gasteiger partial charge >= 0.3 is 0 Å². The van der Waals surface area contributed by atoms with E-state index in [9.17, 15) is 0 Å². The van der Waals surface area contributed by atoms with Crippen LogP contribution >= 0.6 is 0 Å². The van der Waals surface area contributed by atoms with Gasteiger partial charge in [0.25, 0.3) is 0 Å². The molecule has 1 saturated carbocycles. The fourth-order valence-electron chi connectivity index (χ4n) is 2.70. The molecule has 1 fully saturated rings. The summed E-state index contributed by atoms with van der Waals surface area (Å²) in [5.74, 6) is 1.30. The molecule has 0 aromatic carbocycles. The van der Waals surface area contributed by atoms with E-state index in [0.29, 0.717) is 11.8 Å². The number of rotatable bonds is 2. The van der Waals surface area contributed by atoms with Crippen LogP contribution in [0.25, 0.3) is 0 Å². The predicted octanol–water partition coefficient (Wildman–Crippen LogP) is 2.55. The fourth-order valence-corrected chi connectivity index (χ4v) is 2.70. The van der Waals surface area contributed by atoms with E-state index in [1.807, 2.05) is 0 Å². The summed E-state index contributed by atoms with van der Waals surface area (Å²) >= 11 is 0. The minimum Gasteiger partial charge on any atom is -0.294 e. The molecule has 2 atom stereocenters. The highest BCUT2D eigenvalue weighted by Gasteiger charge is 2.31. The van der Waals surface area contributed by atoms with Gasteiger partial charge in [0.1, 0.15) is 0 Å². The summed E-state index contributed by atoms with van der Waals surface area (Å²) in [5.41, 5.74) is 1.43. The van der Waals surface area contributed by atoms with Crippen molar-refractivity contribution in [1.82, 2.24) is 0 Å². The molecule has 13 heavy (non-hydrogen) atoms. The Hall–Kier alpha value is -0.840. The monoisotopic (exact) mass is 176 g/mol. The number of hydrogen-bond donors (Lipinski definition) is 0. The third-order valence-corrected chi connectivity index (χ3v) is 3.35. The lowest BCUT2D eigenvalue weighted by atomic mass is 9.88. The molecule has 0 amide bonds. The molecule has 0 spiro atoms. The van der Waals surface area contributed by atoms with Gasteiger partial charge in [-0.05, 0) is 31.6 Å². The SMILES string of the molecule is N#CC[C@H]1CCC[C@@H]1C1=NCCC1. The first-order chi connectivity index (χ1) is 6.42. The van der Waals surface area contributed by atoms with Crippen molar-refractivity contribution in [2.24, 2.45) is 16.8 Å². The molecule has 1 aliphatic carbocycles. The molecule has 70 valence electrons. The maximum absolute atomic E-state index is 8.70. The highest BCUT2D eigenvalue weighted by atomic mass is 14.8. The van der Waals surface area contributed by atoms with Gasteiger partial charge in [0.05, 0.1) is 6.07 Å². The van der Waals surface area contributed by atoms with E-state index < -0.39 is 0 Å². The number of nitrogens with zero attached hydrogens (tertiary/aromatic N) is 2. The van der Waals surface area contributed by atoms with Crippen molar-refractivity contribution < 1.29 is 0 Å². The molecule has 1 aliphatic heterocycles. The lowest BCUT2D eigenvalue weighted by Crippen LogP contribution is -2.16. The van der Waals surface area contributed by atoms with E-state index in [1.54, 1.807) is 0 Å². The molecule has 0 bridgehead atoms. The van der Waals surface area contributed by atoms with Gasteiger partial charge < -0.3 is 0 Å². The van der Waals surface area contributed by atoms with Crippen LogP contribution in [0.15, 0.2) is 4.99 Å². The standard InChI is InChI=1S/C11H16N2/c12-7-6-9-3-1-4-10(9)11-5-2-8-13-11/h9-10H,1-6,8H2/t9-,10+/m1/s1. The summed E-state index contributed by atoms with van der Waals surface area (Å²) in [7, 11) is 0. The van der Waals surface area contributed by atoms with Crippen molar-refractivity contribution in [2.45, 2.75) is 38.5 Å². The van der Waals surface area contributed by atoms with Crippen LogP contribution in [0.4, 0.5) is 0 Å². The van der Waals surface area contributed by atoms with E-state index in [4.69, 9.17) is 5.26 Å². The fraction of sp³-hybridized carbons (Fsp3) is 0.818. The lowest BCUT2D eigenvalue weighted by molar-refractivity contribution is 0.489. The highest BCUT2D eigenvalue weighted by molar-refractivity contribution is 5.88. The maximum atomic E-state index is 8.70. The molecule has 0 radical (unpaired) electrons. The van der Waals surface area contributed by atoms with E-state index in [0.717, 1.165) is 13.0 Å². The van der Waals surface area contributed by atoms with Gasteiger partial charge in [0, 0.05) is 24.6 Å². The van der Waals surface area contributed by atoms with Crippen molar-refractivity contribution in [1.29, 1.82) is 5.26 Å². The average Bonchev–Trinajstić information content (AvgIpc) is 2.71. The van der Waals surface area contributed by atoms with Gasteiger partial charge in [-0.1, -0.05) is 6.42 Å². The smallest absolute Gasteiger partial charge is 0.0624 e. The van der Waals surface area contributed by atoms with Crippen LogP contribution in [0.1, 0.15) is 38.5 Å². The average molecular weight is 176 g/mol. The first kappa shape index (κ1) is 8.74. The van der Waals surface area contributed by atoms with Crippen LogP contribution in [-0.2, 0) is 0 Å². The quantitative estimate of drug-likeness (QED) is 0.637. The molecule has 0 unspecified atom stereocenters. The van der Waals surface area contributed by atoms with Crippen LogP contribution in [0.2, 0.25) is 0 Å². The summed E-state index contributed by atoms with van der Waals surface area (Å²) in [6.07, 6.45) is 7.01. The van der Waals surface area contributed by atoms with Gasteiger partial charge in [-0.2, -0.15) is 5.26 Å². The number of nitriles is 1. The van der Waals surface area contributed by atoms with Gasteiger partial charge in [-0.25, -0.2) is 0 Å². The Labute approximate surface area is 79.7 Å². The molecular formula is C11H16N2. The molecule has 1 heterocycles. The van der Waals surface area contributed by atoms with E-state index in [-0.39, 0.29) is 0 Å². The van der Waals surface area contributed by atoms with Crippen LogP contribution in [-0.4, -0.2) is 12.3 Å². The molecule has 0 N–H and O–H groups in total. The van der Waals surface area contributed by atoms with Crippen molar-refractivity contribution in [2.75, 3.05) is 6.54 Å². The molecule has 2 rings (SSSR count). The Morgan fingerprint density at radius 3 is 3.00 bits per heavy atom. The Balaban J connectivity index is 2.01. The zero-order valence-electron chi connectivity index (χ0n) is 8.00. The van der Waals surface area contributed by atoms with Crippen molar-refractivity contribution in [3.8, 4) is 6.07 Å². The van der Waals surface area contributed by atoms with Crippen LogP contribution in [0, 0.1) is 23.2 Å². The van der Waals surface area contributed by atoms with Gasteiger partial charge in [-0.3, -0.25) is 4.99 Å². The predicted molar refractivity (Wildman–Crippen MR) is 52.6 cm³/mol. The minimum absolute atomic E-state index is 0.627. The summed E-state index contributed by atoms with van der Waals surface area (Å²) in [6.45, 7) is 1.03. The lowest BCUT2D eigenvalue weighted by Gasteiger charge is -2.16. The van der Waals surface area contributed by atoms with E-state index >= 15 is 0 Å². The minimum atomic E-state index is 0.627. The second-order valence-corrected chi connectivity index (χ2v) is 4.14. The molecule has 2 nitrogen and oxygen atoms in total. The summed E-state index contributed by atoms with van der Waals surface area (Å²) in [6, 6.07) is 2.31. The Morgan fingerprint density at radius 2 is 2.31 bits per heavy atom. The van der Waals surface area contributed by atoms with E-state index in [1.165, 1.54) is 37.8 Å². The van der Waals surface area contributed by atoms with Crippen molar-refractivity contribution in [3.05, 3.63) is 0 Å². The zero-order valence-corrected chi connectivity index (χ0v) is 8.00. The third kappa shape index (κ3) is 1.75. The largest absolute Gasteiger partial charge is 0.294 e. The molecular weight excluding hydrogens is 160 g/mol. The Kier molecular flexibility index (Phi) is 2.63. The Bertz CT molecular complexity index is 249. The summed E-state index contributed by atoms with van der Waals surface area (Å²) in [4.78, 5) is 4.56. The molecule has 2 aliphatic rings. The van der Waals surface area contributed by atoms with Crippen molar-refractivity contribution >= 4 is 5.71 Å². The molecule has 0 aromatic heterocycles. The second kappa shape index (κ2) is 3.91. The maximum Gasteiger partial charge on any atom is 0.0624 e. The van der Waals surface area contributed by atoms with Gasteiger partial charge in [0.15, 0.2) is 0 Å². The first-order valence-corrected chi connectivity index (χ1v) is 5.32. The van der Waals surface area contributed by atoms with Crippen LogP contribution < -0.4 is 0 Å². The highest BCUT2D eigenvalue weighted by Crippen LogP contribution is 2.36. The van der Waals surface area contributed by atoms with Crippen LogP contribution in [0.5, 0.6) is 0 Å². The summed E-state index contributed by atoms with van der Waals surface area (Å²) < 4.78 is 0. The number of aliphatic imine (C=N–C) groups is 1. The third-order valence-electron chi connectivity index (χ3n) is 3.35.